The molecular formula is C15H20Cl2N2O3S. The first kappa shape index (κ1) is 17.3. The number of nitrogens with zero attached hydrogens (tertiary/aromatic N) is 1. The standard InChI is InChI=1S/C15H19ClN2O3S.ClH/c1-9-2-10-3-13(4-14(16)15(10)21-9)22(19,20)18-7-11-5-17-6-12(11)8-18;/h3-4,9,11-12,17H,2,5-8H2,1H3;1H/t9?,11-,12+;. The Bertz CT molecular complexity index is 714. The molecule has 23 heavy (non-hydrogen) atoms. The Balaban J connectivity index is 0.00000156. The van der Waals surface area contributed by atoms with E-state index in [-0.39, 0.29) is 18.5 Å². The van der Waals surface area contributed by atoms with Gasteiger partial charge in [-0.15, -0.1) is 12.4 Å². The minimum absolute atomic E-state index is 0. The molecule has 0 aromatic heterocycles. The van der Waals surface area contributed by atoms with Gasteiger partial charge in [-0.05, 0) is 44.0 Å². The molecule has 0 bridgehead atoms. The molecule has 2 saturated heterocycles. The van der Waals surface area contributed by atoms with Crippen LogP contribution in [0.4, 0.5) is 0 Å². The monoisotopic (exact) mass is 378 g/mol. The summed E-state index contributed by atoms with van der Waals surface area (Å²) in [5.41, 5.74) is 0.889. The first-order valence-electron chi connectivity index (χ1n) is 7.65. The molecule has 0 amide bonds. The number of nitrogens with one attached hydrogen (secondary N) is 1. The number of halogens is 2. The fourth-order valence-corrected chi connectivity index (χ4v) is 5.75. The van der Waals surface area contributed by atoms with Gasteiger partial charge in [-0.3, -0.25) is 0 Å². The molecule has 8 heteroatoms. The van der Waals surface area contributed by atoms with E-state index in [1.54, 1.807) is 10.4 Å². The zero-order valence-corrected chi connectivity index (χ0v) is 15.2. The van der Waals surface area contributed by atoms with E-state index in [1.807, 2.05) is 6.92 Å². The lowest BCUT2D eigenvalue weighted by Crippen LogP contribution is -2.32. The summed E-state index contributed by atoms with van der Waals surface area (Å²) >= 11 is 6.23. The van der Waals surface area contributed by atoms with Crippen LogP contribution in [0.5, 0.6) is 5.75 Å². The van der Waals surface area contributed by atoms with Crippen molar-refractivity contribution in [2.24, 2.45) is 11.8 Å². The maximum atomic E-state index is 12.9. The molecule has 2 fully saturated rings. The Morgan fingerprint density at radius 3 is 2.57 bits per heavy atom. The highest BCUT2D eigenvalue weighted by molar-refractivity contribution is 7.89. The molecule has 0 radical (unpaired) electrons. The van der Waals surface area contributed by atoms with Crippen molar-refractivity contribution in [3.8, 4) is 5.75 Å². The van der Waals surface area contributed by atoms with E-state index >= 15 is 0 Å². The lowest BCUT2D eigenvalue weighted by molar-refractivity contribution is 0.255. The van der Waals surface area contributed by atoms with Crippen molar-refractivity contribution in [1.82, 2.24) is 9.62 Å². The predicted octanol–water partition coefficient (Wildman–Crippen LogP) is 1.93. The molecule has 1 unspecified atom stereocenters. The van der Waals surface area contributed by atoms with Gasteiger partial charge in [0.25, 0.3) is 0 Å². The average Bonchev–Trinajstić information content (AvgIpc) is 3.10. The molecule has 3 atom stereocenters. The lowest BCUT2D eigenvalue weighted by Gasteiger charge is -2.18. The molecule has 0 aliphatic carbocycles. The summed E-state index contributed by atoms with van der Waals surface area (Å²) in [6.45, 7) is 4.97. The van der Waals surface area contributed by atoms with E-state index in [4.69, 9.17) is 16.3 Å². The molecule has 1 aromatic rings. The van der Waals surface area contributed by atoms with Crippen LogP contribution in [0.3, 0.4) is 0 Å². The average molecular weight is 379 g/mol. The van der Waals surface area contributed by atoms with Gasteiger partial charge >= 0.3 is 0 Å². The Morgan fingerprint density at radius 2 is 1.91 bits per heavy atom. The fourth-order valence-electron chi connectivity index (χ4n) is 3.77. The normalized spacial score (nSPS) is 29.7. The molecule has 0 saturated carbocycles. The van der Waals surface area contributed by atoms with Crippen LogP contribution in [0.25, 0.3) is 0 Å². The highest BCUT2D eigenvalue weighted by Crippen LogP contribution is 2.39. The summed E-state index contributed by atoms with van der Waals surface area (Å²) < 4.78 is 33.1. The first-order chi connectivity index (χ1) is 10.4. The van der Waals surface area contributed by atoms with Gasteiger partial charge in [0.1, 0.15) is 11.9 Å². The lowest BCUT2D eigenvalue weighted by atomic mass is 10.0. The fraction of sp³-hybridized carbons (Fsp3) is 0.600. The van der Waals surface area contributed by atoms with E-state index in [1.165, 1.54) is 6.07 Å². The van der Waals surface area contributed by atoms with Gasteiger partial charge in [0.15, 0.2) is 0 Å². The summed E-state index contributed by atoms with van der Waals surface area (Å²) in [6, 6.07) is 3.26. The minimum Gasteiger partial charge on any atom is -0.489 e. The van der Waals surface area contributed by atoms with Crippen LogP contribution in [0, 0.1) is 11.8 Å². The van der Waals surface area contributed by atoms with Crippen molar-refractivity contribution >= 4 is 34.0 Å². The van der Waals surface area contributed by atoms with Gasteiger partial charge in [0.2, 0.25) is 10.0 Å². The number of hydrogen-bond donors (Lipinski definition) is 1. The van der Waals surface area contributed by atoms with Crippen molar-refractivity contribution in [2.75, 3.05) is 26.2 Å². The van der Waals surface area contributed by atoms with Crippen LogP contribution in [0.2, 0.25) is 5.02 Å². The third-order valence-electron chi connectivity index (χ3n) is 4.91. The maximum Gasteiger partial charge on any atom is 0.243 e. The van der Waals surface area contributed by atoms with Gasteiger partial charge in [0.05, 0.1) is 9.92 Å². The van der Waals surface area contributed by atoms with Crippen LogP contribution in [-0.2, 0) is 16.4 Å². The predicted molar refractivity (Wildman–Crippen MR) is 91.1 cm³/mol. The summed E-state index contributed by atoms with van der Waals surface area (Å²) in [5, 5.41) is 3.72. The number of hydrogen-bond acceptors (Lipinski definition) is 4. The first-order valence-corrected chi connectivity index (χ1v) is 9.47. The van der Waals surface area contributed by atoms with E-state index in [9.17, 15) is 8.42 Å². The number of fused-ring (bicyclic) bond motifs is 2. The summed E-state index contributed by atoms with van der Waals surface area (Å²) in [6.07, 6.45) is 0.746. The van der Waals surface area contributed by atoms with E-state index in [2.05, 4.69) is 5.32 Å². The number of benzene rings is 1. The second kappa shape index (κ2) is 6.08. The largest absolute Gasteiger partial charge is 0.489 e. The minimum atomic E-state index is -3.48. The molecule has 128 valence electrons. The maximum absolute atomic E-state index is 12.9. The molecule has 1 aromatic carbocycles. The van der Waals surface area contributed by atoms with Crippen LogP contribution >= 0.6 is 24.0 Å². The molecule has 4 rings (SSSR count). The SMILES string of the molecule is CC1Cc2cc(S(=O)(=O)N3C[C@H]4CNC[C@H]4C3)cc(Cl)c2O1.Cl. The van der Waals surface area contributed by atoms with Crippen LogP contribution < -0.4 is 10.1 Å². The number of ether oxygens (including phenoxy) is 1. The summed E-state index contributed by atoms with van der Waals surface area (Å²) in [5.74, 6) is 1.50. The Morgan fingerprint density at radius 1 is 1.26 bits per heavy atom. The number of sulfonamides is 1. The van der Waals surface area contributed by atoms with Crippen molar-refractivity contribution in [3.63, 3.8) is 0 Å². The van der Waals surface area contributed by atoms with Gasteiger partial charge < -0.3 is 10.1 Å². The van der Waals surface area contributed by atoms with Gasteiger partial charge in [-0.1, -0.05) is 11.6 Å². The third kappa shape index (κ3) is 2.85. The summed E-state index contributed by atoms with van der Waals surface area (Å²) in [7, 11) is -3.48. The number of rotatable bonds is 2. The smallest absolute Gasteiger partial charge is 0.243 e. The van der Waals surface area contributed by atoms with Gasteiger partial charge in [-0.2, -0.15) is 4.31 Å². The molecule has 5 nitrogen and oxygen atoms in total. The molecular weight excluding hydrogens is 359 g/mol. The van der Waals surface area contributed by atoms with Crippen molar-refractivity contribution in [1.29, 1.82) is 0 Å². The Kier molecular flexibility index (Phi) is 4.57. The summed E-state index contributed by atoms with van der Waals surface area (Å²) in [4.78, 5) is 0.293. The highest BCUT2D eigenvalue weighted by atomic mass is 35.5. The second-order valence-electron chi connectivity index (χ2n) is 6.53. The zero-order chi connectivity index (χ0) is 15.5. The molecule has 3 heterocycles. The topological polar surface area (TPSA) is 58.6 Å². The van der Waals surface area contributed by atoms with Crippen molar-refractivity contribution < 1.29 is 13.2 Å². The van der Waals surface area contributed by atoms with Gasteiger partial charge in [-0.25, -0.2) is 8.42 Å². The Hall–Kier alpha value is -0.530. The van der Waals surface area contributed by atoms with Gasteiger partial charge in [0, 0.05) is 25.1 Å². The molecule has 1 N–H and O–H groups in total. The van der Waals surface area contributed by atoms with Crippen molar-refractivity contribution in [2.45, 2.75) is 24.3 Å². The zero-order valence-electron chi connectivity index (χ0n) is 12.8. The molecule has 0 spiro atoms. The van der Waals surface area contributed by atoms with Crippen molar-refractivity contribution in [3.05, 3.63) is 22.7 Å². The molecule has 3 aliphatic heterocycles. The van der Waals surface area contributed by atoms with E-state index in [0.29, 0.717) is 47.0 Å². The van der Waals surface area contributed by atoms with E-state index in [0.717, 1.165) is 18.7 Å². The van der Waals surface area contributed by atoms with E-state index < -0.39 is 10.0 Å². The second-order valence-corrected chi connectivity index (χ2v) is 8.87. The Labute approximate surface area is 147 Å². The third-order valence-corrected chi connectivity index (χ3v) is 7.00. The molecule has 3 aliphatic rings. The quantitative estimate of drug-likeness (QED) is 0.853. The van der Waals surface area contributed by atoms with Crippen LogP contribution in [-0.4, -0.2) is 45.0 Å². The van der Waals surface area contributed by atoms with Crippen LogP contribution in [0.15, 0.2) is 17.0 Å². The highest BCUT2D eigenvalue weighted by Gasteiger charge is 2.42. The van der Waals surface area contributed by atoms with Crippen LogP contribution in [0.1, 0.15) is 12.5 Å².